The Morgan fingerprint density at radius 1 is 1.10 bits per heavy atom. The highest BCUT2D eigenvalue weighted by Crippen LogP contribution is 2.33. The van der Waals surface area contributed by atoms with Crippen molar-refractivity contribution in [3.8, 4) is 0 Å². The van der Waals surface area contributed by atoms with Crippen molar-refractivity contribution in [1.29, 1.82) is 0 Å². The molecule has 2 saturated heterocycles. The molecular formula is C15H20O6. The third-order valence-electron chi connectivity index (χ3n) is 3.85. The molecule has 6 nitrogen and oxygen atoms in total. The summed E-state index contributed by atoms with van der Waals surface area (Å²) in [6, 6.07) is 9.53. The lowest BCUT2D eigenvalue weighted by atomic mass is 10.0. The standard InChI is InChI=1S/C15H20O6/c1-18-15-11(17)7-10(16)13-12(20-15)8-19-14(21-13)9-5-3-2-4-6-9/h2-6,10-17H,7-8H2,1H3/t10-,11-,12-,13+,14?,15?/m1/s1. The van der Waals surface area contributed by atoms with Gasteiger partial charge in [0.2, 0.25) is 0 Å². The largest absolute Gasteiger partial charge is 0.390 e. The summed E-state index contributed by atoms with van der Waals surface area (Å²) in [5.74, 6) is 0. The van der Waals surface area contributed by atoms with Gasteiger partial charge in [0.25, 0.3) is 0 Å². The zero-order valence-corrected chi connectivity index (χ0v) is 11.8. The maximum Gasteiger partial charge on any atom is 0.184 e. The van der Waals surface area contributed by atoms with Gasteiger partial charge in [0, 0.05) is 19.1 Å². The third kappa shape index (κ3) is 3.11. The van der Waals surface area contributed by atoms with Crippen molar-refractivity contribution in [1.82, 2.24) is 0 Å². The fraction of sp³-hybridized carbons (Fsp3) is 0.600. The Kier molecular flexibility index (Phi) is 4.54. The van der Waals surface area contributed by atoms with Gasteiger partial charge in [-0.25, -0.2) is 0 Å². The van der Waals surface area contributed by atoms with Gasteiger partial charge >= 0.3 is 0 Å². The van der Waals surface area contributed by atoms with Crippen LogP contribution >= 0.6 is 0 Å². The van der Waals surface area contributed by atoms with Gasteiger partial charge in [-0.15, -0.1) is 0 Å². The van der Waals surface area contributed by atoms with E-state index in [1.807, 2.05) is 30.3 Å². The molecule has 6 heteroatoms. The molecule has 0 spiro atoms. The highest BCUT2D eigenvalue weighted by molar-refractivity contribution is 5.16. The second kappa shape index (κ2) is 6.39. The number of aliphatic hydroxyl groups excluding tert-OH is 2. The molecule has 0 aliphatic carbocycles. The van der Waals surface area contributed by atoms with Crippen LogP contribution in [0.2, 0.25) is 0 Å². The van der Waals surface area contributed by atoms with Gasteiger partial charge in [0.15, 0.2) is 12.6 Å². The minimum absolute atomic E-state index is 0.140. The van der Waals surface area contributed by atoms with Crippen LogP contribution in [0, 0.1) is 0 Å². The molecule has 2 heterocycles. The zero-order chi connectivity index (χ0) is 14.8. The number of ether oxygens (including phenoxy) is 4. The van der Waals surface area contributed by atoms with Gasteiger partial charge in [-0.3, -0.25) is 0 Å². The summed E-state index contributed by atoms with van der Waals surface area (Å²) >= 11 is 0. The highest BCUT2D eigenvalue weighted by Gasteiger charge is 2.44. The summed E-state index contributed by atoms with van der Waals surface area (Å²) in [4.78, 5) is 0. The third-order valence-corrected chi connectivity index (χ3v) is 3.85. The molecule has 0 amide bonds. The number of hydrogen-bond acceptors (Lipinski definition) is 6. The van der Waals surface area contributed by atoms with E-state index in [0.29, 0.717) is 0 Å². The Bertz CT molecular complexity index is 453. The van der Waals surface area contributed by atoms with Crippen molar-refractivity contribution < 1.29 is 29.2 Å². The summed E-state index contributed by atoms with van der Waals surface area (Å²) in [6.45, 7) is 0.272. The molecule has 0 aromatic heterocycles. The van der Waals surface area contributed by atoms with Gasteiger partial charge in [-0.1, -0.05) is 30.3 Å². The molecule has 2 unspecified atom stereocenters. The molecule has 0 saturated carbocycles. The van der Waals surface area contributed by atoms with E-state index in [2.05, 4.69) is 0 Å². The minimum atomic E-state index is -0.894. The maximum atomic E-state index is 10.3. The van der Waals surface area contributed by atoms with Crippen molar-refractivity contribution in [3.05, 3.63) is 35.9 Å². The van der Waals surface area contributed by atoms with E-state index < -0.39 is 37.0 Å². The molecule has 3 rings (SSSR count). The predicted molar refractivity (Wildman–Crippen MR) is 72.3 cm³/mol. The summed E-state index contributed by atoms with van der Waals surface area (Å²) in [5, 5.41) is 20.2. The minimum Gasteiger partial charge on any atom is -0.390 e. The monoisotopic (exact) mass is 296 g/mol. The molecule has 1 aromatic rings. The molecule has 0 bridgehead atoms. The number of aliphatic hydroxyl groups is 2. The fourth-order valence-corrected chi connectivity index (χ4v) is 2.76. The van der Waals surface area contributed by atoms with Crippen molar-refractivity contribution in [2.75, 3.05) is 13.7 Å². The van der Waals surface area contributed by atoms with Crippen molar-refractivity contribution in [2.24, 2.45) is 0 Å². The average molecular weight is 296 g/mol. The Morgan fingerprint density at radius 2 is 1.86 bits per heavy atom. The lowest BCUT2D eigenvalue weighted by Gasteiger charge is -2.37. The van der Waals surface area contributed by atoms with Crippen LogP contribution in [0.3, 0.4) is 0 Å². The predicted octanol–water partition coefficient (Wildman–Crippen LogP) is 0.584. The molecule has 1 aromatic carbocycles. The summed E-state index contributed by atoms with van der Waals surface area (Å²) in [7, 11) is 1.46. The lowest BCUT2D eigenvalue weighted by Crippen LogP contribution is -2.48. The van der Waals surface area contributed by atoms with E-state index in [1.54, 1.807) is 0 Å². The first kappa shape index (κ1) is 14.9. The molecule has 0 radical (unpaired) electrons. The number of methoxy groups -OCH3 is 1. The molecule has 2 aliphatic heterocycles. The first-order valence-corrected chi connectivity index (χ1v) is 7.05. The van der Waals surface area contributed by atoms with Crippen LogP contribution in [0.4, 0.5) is 0 Å². The summed E-state index contributed by atoms with van der Waals surface area (Å²) < 4.78 is 22.3. The van der Waals surface area contributed by atoms with Crippen LogP contribution in [-0.4, -0.2) is 54.6 Å². The molecule has 21 heavy (non-hydrogen) atoms. The van der Waals surface area contributed by atoms with Crippen LogP contribution in [0.1, 0.15) is 18.3 Å². The SMILES string of the molecule is COC1O[C@@H]2COC(c3ccccc3)O[C@H]2[C@H](O)C[C@H]1O. The topological polar surface area (TPSA) is 77.4 Å². The van der Waals surface area contributed by atoms with E-state index >= 15 is 0 Å². The molecule has 6 atom stereocenters. The summed E-state index contributed by atoms with van der Waals surface area (Å²) in [6.07, 6.45) is -3.94. The van der Waals surface area contributed by atoms with Crippen molar-refractivity contribution in [2.45, 2.75) is 43.4 Å². The van der Waals surface area contributed by atoms with E-state index in [1.165, 1.54) is 7.11 Å². The van der Waals surface area contributed by atoms with Crippen LogP contribution in [0.25, 0.3) is 0 Å². The van der Waals surface area contributed by atoms with Crippen molar-refractivity contribution >= 4 is 0 Å². The van der Waals surface area contributed by atoms with E-state index in [0.717, 1.165) is 5.56 Å². The molecule has 2 aliphatic rings. The average Bonchev–Trinajstić information content (AvgIpc) is 2.64. The van der Waals surface area contributed by atoms with Gasteiger partial charge in [-0.2, -0.15) is 0 Å². The highest BCUT2D eigenvalue weighted by atomic mass is 16.7. The second-order valence-electron chi connectivity index (χ2n) is 5.33. The first-order valence-electron chi connectivity index (χ1n) is 7.05. The quantitative estimate of drug-likeness (QED) is 0.831. The molecular weight excluding hydrogens is 276 g/mol. The Balaban J connectivity index is 1.75. The van der Waals surface area contributed by atoms with Crippen LogP contribution < -0.4 is 0 Å². The number of fused-ring (bicyclic) bond motifs is 1. The van der Waals surface area contributed by atoms with Crippen molar-refractivity contribution in [3.63, 3.8) is 0 Å². The lowest BCUT2D eigenvalue weighted by molar-refractivity contribution is -0.301. The smallest absolute Gasteiger partial charge is 0.184 e. The molecule has 116 valence electrons. The van der Waals surface area contributed by atoms with E-state index in [4.69, 9.17) is 18.9 Å². The fourth-order valence-electron chi connectivity index (χ4n) is 2.76. The zero-order valence-electron chi connectivity index (χ0n) is 11.8. The Hall–Kier alpha value is -1.02. The van der Waals surface area contributed by atoms with Gasteiger partial charge in [-0.05, 0) is 0 Å². The second-order valence-corrected chi connectivity index (χ2v) is 5.33. The number of rotatable bonds is 2. The Morgan fingerprint density at radius 3 is 2.57 bits per heavy atom. The maximum absolute atomic E-state index is 10.3. The Labute approximate surface area is 123 Å². The van der Waals surface area contributed by atoms with Gasteiger partial charge in [0.05, 0.1) is 12.7 Å². The van der Waals surface area contributed by atoms with Gasteiger partial charge in [0.1, 0.15) is 18.3 Å². The van der Waals surface area contributed by atoms with Crippen LogP contribution in [-0.2, 0) is 18.9 Å². The first-order chi connectivity index (χ1) is 10.2. The van der Waals surface area contributed by atoms with E-state index in [9.17, 15) is 10.2 Å². The van der Waals surface area contributed by atoms with Crippen LogP contribution in [0.5, 0.6) is 0 Å². The molecule has 2 N–H and O–H groups in total. The number of hydrogen-bond donors (Lipinski definition) is 2. The van der Waals surface area contributed by atoms with E-state index in [-0.39, 0.29) is 13.0 Å². The number of benzene rings is 1. The van der Waals surface area contributed by atoms with Crippen LogP contribution in [0.15, 0.2) is 30.3 Å². The normalized spacial score (nSPS) is 40.3. The molecule has 2 fully saturated rings. The van der Waals surface area contributed by atoms with Gasteiger partial charge < -0.3 is 29.2 Å². The summed E-state index contributed by atoms with van der Waals surface area (Å²) in [5.41, 5.74) is 0.885.